The van der Waals surface area contributed by atoms with Gasteiger partial charge in [0.2, 0.25) is 0 Å². The van der Waals surface area contributed by atoms with Gasteiger partial charge < -0.3 is 14.7 Å². The molecule has 7 heteroatoms. The molecule has 1 heterocycles. The Hall–Kier alpha value is -1.31. The molecule has 1 N–H and O–H groups in total. The number of ether oxygens (including phenoxy) is 1. The molecule has 5 nitrogen and oxygen atoms in total. The molecule has 0 bridgehead atoms. The van der Waals surface area contributed by atoms with Gasteiger partial charge in [-0.2, -0.15) is 0 Å². The minimum absolute atomic E-state index is 0.0324. The van der Waals surface area contributed by atoms with E-state index >= 15 is 0 Å². The second kappa shape index (κ2) is 8.15. The summed E-state index contributed by atoms with van der Waals surface area (Å²) < 4.78 is 31.4. The molecule has 2 aliphatic rings. The van der Waals surface area contributed by atoms with Crippen LogP contribution in [0.4, 0.5) is 4.39 Å². The summed E-state index contributed by atoms with van der Waals surface area (Å²) in [6.45, 7) is 1.14. The van der Waals surface area contributed by atoms with Crippen molar-refractivity contribution in [3.05, 3.63) is 30.1 Å². The maximum absolute atomic E-state index is 13.1. The van der Waals surface area contributed by atoms with Crippen LogP contribution in [0.2, 0.25) is 0 Å². The lowest BCUT2D eigenvalue weighted by molar-refractivity contribution is -0.159. The molecule has 26 heavy (non-hydrogen) atoms. The van der Waals surface area contributed by atoms with Crippen LogP contribution in [0.1, 0.15) is 32.1 Å². The molecule has 1 amide bonds. The summed E-state index contributed by atoms with van der Waals surface area (Å²) in [6.07, 6.45) is 3.42. The lowest BCUT2D eigenvalue weighted by Gasteiger charge is -2.39. The molecule has 1 saturated heterocycles. The van der Waals surface area contributed by atoms with Gasteiger partial charge in [0.05, 0.1) is 16.0 Å². The van der Waals surface area contributed by atoms with Crippen LogP contribution in [0.3, 0.4) is 0 Å². The summed E-state index contributed by atoms with van der Waals surface area (Å²) >= 11 is 0. The number of aliphatic hydroxyl groups is 1. The van der Waals surface area contributed by atoms with Crippen molar-refractivity contribution in [1.82, 2.24) is 4.90 Å². The quantitative estimate of drug-likeness (QED) is 0.846. The fourth-order valence-corrected chi connectivity index (χ4v) is 5.39. The van der Waals surface area contributed by atoms with Gasteiger partial charge in [-0.3, -0.25) is 9.00 Å². The average Bonchev–Trinajstić information content (AvgIpc) is 3.17. The summed E-state index contributed by atoms with van der Waals surface area (Å²) in [5.74, 6) is -0.145. The molecule has 144 valence electrons. The van der Waals surface area contributed by atoms with Crippen LogP contribution in [-0.4, -0.2) is 57.8 Å². The Morgan fingerprint density at radius 3 is 2.54 bits per heavy atom. The molecule has 0 spiro atoms. The number of carbonyl (C=O) groups excluding carboxylic acids is 1. The SMILES string of the molecule is COC1(C(=O)N2CCC(S(=O)c3ccc(F)cc3)C2)CCC(CO)CC1. The van der Waals surface area contributed by atoms with E-state index in [0.717, 1.165) is 12.8 Å². The molecular formula is C19H26FNO4S. The third-order valence-corrected chi connectivity index (χ3v) is 7.46. The smallest absolute Gasteiger partial charge is 0.254 e. The molecule has 1 aromatic rings. The third-order valence-electron chi connectivity index (χ3n) is 5.73. The minimum atomic E-state index is -1.27. The van der Waals surface area contributed by atoms with Gasteiger partial charge in [0.1, 0.15) is 11.4 Å². The average molecular weight is 383 g/mol. The molecule has 1 aromatic carbocycles. The van der Waals surface area contributed by atoms with E-state index in [1.54, 1.807) is 24.1 Å². The van der Waals surface area contributed by atoms with Crippen molar-refractivity contribution in [2.45, 2.75) is 47.9 Å². The van der Waals surface area contributed by atoms with Crippen molar-refractivity contribution in [3.8, 4) is 0 Å². The predicted octanol–water partition coefficient (Wildman–Crippen LogP) is 2.10. The highest BCUT2D eigenvalue weighted by Crippen LogP contribution is 2.37. The van der Waals surface area contributed by atoms with E-state index in [1.165, 1.54) is 12.1 Å². The maximum Gasteiger partial charge on any atom is 0.254 e. The van der Waals surface area contributed by atoms with Crippen molar-refractivity contribution >= 4 is 16.7 Å². The standard InChI is InChI=1S/C19H26FNO4S/c1-25-19(9-6-14(13-22)7-10-19)18(23)21-11-8-17(12-21)26(24)16-4-2-15(20)3-5-16/h2-5,14,17,22H,6-13H2,1H3. The van der Waals surface area contributed by atoms with Crippen LogP contribution in [-0.2, 0) is 20.3 Å². The molecule has 2 unspecified atom stereocenters. The van der Waals surface area contributed by atoms with Crippen molar-refractivity contribution in [2.24, 2.45) is 5.92 Å². The summed E-state index contributed by atoms with van der Waals surface area (Å²) in [5, 5.41) is 9.17. The Balaban J connectivity index is 1.65. The molecule has 0 aromatic heterocycles. The number of rotatable bonds is 5. The zero-order valence-electron chi connectivity index (χ0n) is 15.0. The van der Waals surface area contributed by atoms with E-state index in [2.05, 4.69) is 0 Å². The summed E-state index contributed by atoms with van der Waals surface area (Å²) in [5.41, 5.74) is -0.822. The van der Waals surface area contributed by atoms with Gasteiger partial charge in [-0.05, 0) is 62.3 Å². The van der Waals surface area contributed by atoms with Crippen molar-refractivity contribution < 1.29 is 23.2 Å². The highest BCUT2D eigenvalue weighted by Gasteiger charge is 2.46. The molecule has 1 aliphatic carbocycles. The van der Waals surface area contributed by atoms with Crippen LogP contribution < -0.4 is 0 Å². The number of methoxy groups -OCH3 is 1. The molecule has 3 rings (SSSR count). The molecular weight excluding hydrogens is 357 g/mol. The number of hydrogen-bond donors (Lipinski definition) is 1. The number of carbonyl (C=O) groups is 1. The van der Waals surface area contributed by atoms with Crippen LogP contribution >= 0.6 is 0 Å². The largest absolute Gasteiger partial charge is 0.396 e. The second-order valence-electron chi connectivity index (χ2n) is 7.24. The molecule has 1 aliphatic heterocycles. The van der Waals surface area contributed by atoms with E-state index in [4.69, 9.17) is 4.74 Å². The normalized spacial score (nSPS) is 30.3. The van der Waals surface area contributed by atoms with E-state index in [0.29, 0.717) is 37.2 Å². The number of halogens is 1. The van der Waals surface area contributed by atoms with Crippen LogP contribution in [0.25, 0.3) is 0 Å². The van der Waals surface area contributed by atoms with Crippen molar-refractivity contribution in [3.63, 3.8) is 0 Å². The predicted molar refractivity (Wildman–Crippen MR) is 96.6 cm³/mol. The summed E-state index contributed by atoms with van der Waals surface area (Å²) in [4.78, 5) is 15.4. The topological polar surface area (TPSA) is 66.8 Å². The van der Waals surface area contributed by atoms with Crippen LogP contribution in [0.15, 0.2) is 29.2 Å². The Bertz CT molecular complexity index is 658. The maximum atomic E-state index is 13.1. The highest BCUT2D eigenvalue weighted by molar-refractivity contribution is 7.85. The summed E-state index contributed by atoms with van der Waals surface area (Å²) in [6, 6.07) is 5.71. The lowest BCUT2D eigenvalue weighted by atomic mass is 9.78. The first kappa shape index (κ1) is 19.5. The number of aliphatic hydroxyl groups excluding tert-OH is 1. The molecule has 2 fully saturated rings. The van der Waals surface area contributed by atoms with Crippen LogP contribution in [0.5, 0.6) is 0 Å². The van der Waals surface area contributed by atoms with E-state index in [1.807, 2.05) is 0 Å². The Kier molecular flexibility index (Phi) is 6.10. The van der Waals surface area contributed by atoms with Gasteiger partial charge in [-0.25, -0.2) is 4.39 Å². The second-order valence-corrected chi connectivity index (χ2v) is 8.97. The van der Waals surface area contributed by atoms with Crippen molar-refractivity contribution in [1.29, 1.82) is 0 Å². The number of likely N-dealkylation sites (tertiary alicyclic amines) is 1. The molecule has 2 atom stereocenters. The first-order valence-electron chi connectivity index (χ1n) is 9.10. The minimum Gasteiger partial charge on any atom is -0.396 e. The zero-order valence-corrected chi connectivity index (χ0v) is 15.8. The van der Waals surface area contributed by atoms with Gasteiger partial charge in [0.25, 0.3) is 5.91 Å². The number of hydrogen-bond acceptors (Lipinski definition) is 4. The molecule has 0 radical (unpaired) electrons. The van der Waals surface area contributed by atoms with Gasteiger partial charge in [0, 0.05) is 31.7 Å². The monoisotopic (exact) mass is 383 g/mol. The Morgan fingerprint density at radius 1 is 1.31 bits per heavy atom. The van der Waals surface area contributed by atoms with Gasteiger partial charge in [-0.15, -0.1) is 0 Å². The fourth-order valence-electron chi connectivity index (χ4n) is 3.97. The first-order valence-corrected chi connectivity index (χ1v) is 10.3. The van der Waals surface area contributed by atoms with Gasteiger partial charge in [-0.1, -0.05) is 0 Å². The van der Waals surface area contributed by atoms with Gasteiger partial charge >= 0.3 is 0 Å². The van der Waals surface area contributed by atoms with Crippen molar-refractivity contribution in [2.75, 3.05) is 26.8 Å². The fraction of sp³-hybridized carbons (Fsp3) is 0.632. The van der Waals surface area contributed by atoms with Crippen LogP contribution in [0, 0.1) is 11.7 Å². The number of nitrogens with zero attached hydrogens (tertiary/aromatic N) is 1. The third kappa shape index (κ3) is 3.85. The first-order chi connectivity index (χ1) is 12.5. The Morgan fingerprint density at radius 2 is 1.96 bits per heavy atom. The molecule has 1 saturated carbocycles. The number of benzene rings is 1. The highest BCUT2D eigenvalue weighted by atomic mass is 32.2. The zero-order chi connectivity index (χ0) is 18.7. The van der Waals surface area contributed by atoms with E-state index in [9.17, 15) is 18.5 Å². The van der Waals surface area contributed by atoms with Gasteiger partial charge in [0.15, 0.2) is 0 Å². The summed E-state index contributed by atoms with van der Waals surface area (Å²) in [7, 11) is 0.305. The lowest BCUT2D eigenvalue weighted by Crippen LogP contribution is -2.52. The van der Waals surface area contributed by atoms with E-state index < -0.39 is 16.4 Å². The van der Waals surface area contributed by atoms with E-state index in [-0.39, 0.29) is 29.5 Å². The number of amides is 1. The Labute approximate surface area is 156 Å².